The molecule has 3 aromatic carbocycles. The Morgan fingerprint density at radius 1 is 1.00 bits per heavy atom. The second-order valence-corrected chi connectivity index (χ2v) is 6.40. The van der Waals surface area contributed by atoms with Crippen LogP contribution in [0.2, 0.25) is 0 Å². The van der Waals surface area contributed by atoms with Gasteiger partial charge in [-0.25, -0.2) is 0 Å². The second kappa shape index (κ2) is 7.67. The summed E-state index contributed by atoms with van der Waals surface area (Å²) in [7, 11) is 0. The van der Waals surface area contributed by atoms with Crippen LogP contribution >= 0.6 is 11.8 Å². The third-order valence-electron chi connectivity index (χ3n) is 3.61. The van der Waals surface area contributed by atoms with Crippen LogP contribution in [0.15, 0.2) is 66.7 Å². The SMILES string of the molecule is N#Cc1ccc(NC(=O)CSCc2ccc3ccccc3c2)cc1. The van der Waals surface area contributed by atoms with Crippen LogP contribution in [0.1, 0.15) is 11.1 Å². The van der Waals surface area contributed by atoms with Crippen molar-refractivity contribution in [3.63, 3.8) is 0 Å². The fourth-order valence-electron chi connectivity index (χ4n) is 2.42. The Morgan fingerprint density at radius 3 is 2.50 bits per heavy atom. The predicted molar refractivity (Wildman–Crippen MR) is 99.9 cm³/mol. The number of nitrogens with one attached hydrogen (secondary N) is 1. The van der Waals surface area contributed by atoms with E-state index in [1.165, 1.54) is 16.3 Å². The lowest BCUT2D eigenvalue weighted by molar-refractivity contribution is -0.113. The number of amides is 1. The number of thioether (sulfide) groups is 1. The van der Waals surface area contributed by atoms with E-state index in [0.717, 1.165) is 5.75 Å². The summed E-state index contributed by atoms with van der Waals surface area (Å²) in [6.07, 6.45) is 0. The van der Waals surface area contributed by atoms with Crippen LogP contribution in [-0.2, 0) is 10.5 Å². The van der Waals surface area contributed by atoms with E-state index in [1.54, 1.807) is 36.0 Å². The fraction of sp³-hybridized carbons (Fsp3) is 0.100. The van der Waals surface area contributed by atoms with Gasteiger partial charge in [0.2, 0.25) is 5.91 Å². The van der Waals surface area contributed by atoms with Gasteiger partial charge < -0.3 is 5.32 Å². The highest BCUT2D eigenvalue weighted by atomic mass is 32.2. The molecule has 1 N–H and O–H groups in total. The largest absolute Gasteiger partial charge is 0.325 e. The summed E-state index contributed by atoms with van der Waals surface area (Å²) >= 11 is 1.59. The minimum Gasteiger partial charge on any atom is -0.325 e. The van der Waals surface area contributed by atoms with Crippen molar-refractivity contribution in [2.24, 2.45) is 0 Å². The Morgan fingerprint density at radius 2 is 1.75 bits per heavy atom. The number of rotatable bonds is 5. The number of carbonyl (C=O) groups is 1. The standard InChI is InChI=1S/C20H16N2OS/c21-12-15-6-9-19(10-7-15)22-20(23)14-24-13-16-5-8-17-3-1-2-4-18(17)11-16/h1-11H,13-14H2,(H,22,23). The molecule has 0 aliphatic rings. The molecule has 0 spiro atoms. The molecule has 0 unspecified atom stereocenters. The van der Waals surface area contributed by atoms with Crippen LogP contribution < -0.4 is 5.32 Å². The zero-order valence-corrected chi connectivity index (χ0v) is 13.8. The van der Waals surface area contributed by atoms with Gasteiger partial charge >= 0.3 is 0 Å². The quantitative estimate of drug-likeness (QED) is 0.744. The van der Waals surface area contributed by atoms with E-state index in [2.05, 4.69) is 41.7 Å². The van der Waals surface area contributed by atoms with Gasteiger partial charge in [-0.15, -0.1) is 11.8 Å². The first-order valence-electron chi connectivity index (χ1n) is 7.60. The van der Waals surface area contributed by atoms with Gasteiger partial charge in [0.15, 0.2) is 0 Å². The number of anilines is 1. The van der Waals surface area contributed by atoms with Crippen LogP contribution in [0.3, 0.4) is 0 Å². The first-order chi connectivity index (χ1) is 11.7. The molecule has 4 heteroatoms. The monoisotopic (exact) mass is 332 g/mol. The van der Waals surface area contributed by atoms with Gasteiger partial charge in [-0.05, 0) is 40.6 Å². The summed E-state index contributed by atoms with van der Waals surface area (Å²) in [4.78, 5) is 12.0. The minimum atomic E-state index is -0.0366. The maximum absolute atomic E-state index is 12.0. The molecule has 0 saturated carbocycles. The first-order valence-corrected chi connectivity index (χ1v) is 8.75. The average molecular weight is 332 g/mol. The first kappa shape index (κ1) is 16.1. The topological polar surface area (TPSA) is 52.9 Å². The van der Waals surface area contributed by atoms with Crippen LogP contribution in [0.25, 0.3) is 10.8 Å². The highest BCUT2D eigenvalue weighted by Crippen LogP contribution is 2.19. The van der Waals surface area contributed by atoms with Crippen molar-refractivity contribution in [3.8, 4) is 6.07 Å². The number of carbonyl (C=O) groups excluding carboxylic acids is 1. The van der Waals surface area contributed by atoms with Crippen LogP contribution in [0.5, 0.6) is 0 Å². The van der Waals surface area contributed by atoms with Crippen molar-refractivity contribution in [2.75, 3.05) is 11.1 Å². The van der Waals surface area contributed by atoms with Gasteiger partial charge in [-0.1, -0.05) is 42.5 Å². The smallest absolute Gasteiger partial charge is 0.234 e. The summed E-state index contributed by atoms with van der Waals surface area (Å²) in [6, 6.07) is 23.6. The Balaban J connectivity index is 1.51. The van der Waals surface area contributed by atoms with Gasteiger partial charge in [0, 0.05) is 11.4 Å². The lowest BCUT2D eigenvalue weighted by atomic mass is 10.1. The average Bonchev–Trinajstić information content (AvgIpc) is 2.62. The third-order valence-corrected chi connectivity index (χ3v) is 4.62. The number of fused-ring (bicyclic) bond motifs is 1. The van der Waals surface area contributed by atoms with Crippen molar-refractivity contribution in [1.29, 1.82) is 5.26 Å². The zero-order chi connectivity index (χ0) is 16.8. The number of nitriles is 1. The van der Waals surface area contributed by atoms with E-state index in [0.29, 0.717) is 17.0 Å². The molecule has 3 rings (SSSR count). The van der Waals surface area contributed by atoms with Crippen molar-refractivity contribution in [1.82, 2.24) is 0 Å². The number of hydrogen-bond donors (Lipinski definition) is 1. The van der Waals surface area contributed by atoms with Crippen molar-refractivity contribution >= 4 is 34.1 Å². The third kappa shape index (κ3) is 4.15. The summed E-state index contributed by atoms with van der Waals surface area (Å²) in [5, 5.41) is 14.0. The summed E-state index contributed by atoms with van der Waals surface area (Å²) in [6.45, 7) is 0. The molecular weight excluding hydrogens is 316 g/mol. The Hall–Kier alpha value is -2.77. The molecule has 1 amide bonds. The Kier molecular flexibility index (Phi) is 5.15. The maximum atomic E-state index is 12.0. The fourth-order valence-corrected chi connectivity index (χ4v) is 3.19. The van der Waals surface area contributed by atoms with Gasteiger partial charge in [-0.2, -0.15) is 5.26 Å². The molecular formula is C20H16N2OS. The van der Waals surface area contributed by atoms with Gasteiger partial charge in [-0.3, -0.25) is 4.79 Å². The van der Waals surface area contributed by atoms with E-state index in [4.69, 9.17) is 5.26 Å². The highest BCUT2D eigenvalue weighted by Gasteiger charge is 2.04. The number of hydrogen-bond acceptors (Lipinski definition) is 3. The van der Waals surface area contributed by atoms with Gasteiger partial charge in [0.05, 0.1) is 17.4 Å². The highest BCUT2D eigenvalue weighted by molar-refractivity contribution is 7.99. The van der Waals surface area contributed by atoms with Crippen molar-refractivity contribution < 1.29 is 4.79 Å². The predicted octanol–water partition coefficient (Wildman–Crippen LogP) is 4.58. The zero-order valence-electron chi connectivity index (χ0n) is 13.0. The number of nitrogens with zero attached hydrogens (tertiary/aromatic N) is 1. The Bertz CT molecular complexity index is 897. The molecule has 0 aliphatic heterocycles. The van der Waals surface area contributed by atoms with Gasteiger partial charge in [0.25, 0.3) is 0 Å². The minimum absolute atomic E-state index is 0.0366. The summed E-state index contributed by atoms with van der Waals surface area (Å²) in [5.41, 5.74) is 2.51. The second-order valence-electron chi connectivity index (χ2n) is 5.41. The molecule has 0 bridgehead atoms. The molecule has 3 nitrogen and oxygen atoms in total. The molecule has 0 saturated heterocycles. The lowest BCUT2D eigenvalue weighted by Gasteiger charge is -2.06. The van der Waals surface area contributed by atoms with Crippen LogP contribution in [0, 0.1) is 11.3 Å². The molecule has 0 aromatic heterocycles. The molecule has 3 aromatic rings. The molecule has 0 radical (unpaired) electrons. The molecule has 24 heavy (non-hydrogen) atoms. The summed E-state index contributed by atoms with van der Waals surface area (Å²) in [5.74, 6) is 1.16. The maximum Gasteiger partial charge on any atom is 0.234 e. The van der Waals surface area contributed by atoms with Gasteiger partial charge in [0.1, 0.15) is 0 Å². The van der Waals surface area contributed by atoms with E-state index in [9.17, 15) is 4.79 Å². The molecule has 0 aliphatic carbocycles. The molecule has 118 valence electrons. The Labute approximate surface area is 145 Å². The van der Waals surface area contributed by atoms with E-state index >= 15 is 0 Å². The van der Waals surface area contributed by atoms with E-state index in [1.807, 2.05) is 12.1 Å². The molecule has 0 atom stereocenters. The number of benzene rings is 3. The molecule has 0 fully saturated rings. The van der Waals surface area contributed by atoms with Crippen molar-refractivity contribution in [2.45, 2.75) is 5.75 Å². The van der Waals surface area contributed by atoms with Crippen LogP contribution in [0.4, 0.5) is 5.69 Å². The van der Waals surface area contributed by atoms with Crippen LogP contribution in [-0.4, -0.2) is 11.7 Å². The van der Waals surface area contributed by atoms with Crippen molar-refractivity contribution in [3.05, 3.63) is 77.9 Å². The summed E-state index contributed by atoms with van der Waals surface area (Å²) < 4.78 is 0. The molecule has 0 heterocycles. The normalized spacial score (nSPS) is 10.3. The lowest BCUT2D eigenvalue weighted by Crippen LogP contribution is -2.14. The van der Waals surface area contributed by atoms with E-state index < -0.39 is 0 Å². The van der Waals surface area contributed by atoms with E-state index in [-0.39, 0.29) is 5.91 Å².